The number of nitrogens with zero attached hydrogens (tertiary/aromatic N) is 1. The van der Waals surface area contributed by atoms with Crippen molar-refractivity contribution in [1.29, 1.82) is 0 Å². The van der Waals surface area contributed by atoms with Gasteiger partial charge in [-0.3, -0.25) is 4.79 Å². The number of H-pyrrole nitrogens is 1. The molecule has 30 heavy (non-hydrogen) atoms. The molecule has 1 amide bonds. The van der Waals surface area contributed by atoms with Gasteiger partial charge in [-0.25, -0.2) is 9.37 Å². The largest absolute Gasteiger partial charge is 0.453 e. The molecule has 3 aromatic rings. The third-order valence-corrected chi connectivity index (χ3v) is 4.58. The lowest BCUT2D eigenvalue weighted by atomic mass is 10.2. The normalized spacial score (nSPS) is 10.3. The van der Waals surface area contributed by atoms with Crippen LogP contribution in [0.1, 0.15) is 21.6 Å². The van der Waals surface area contributed by atoms with E-state index >= 15 is 0 Å². The second-order valence-corrected chi connectivity index (χ2v) is 7.06. The van der Waals surface area contributed by atoms with Crippen LogP contribution in [0.5, 0.6) is 11.5 Å². The summed E-state index contributed by atoms with van der Waals surface area (Å²) in [5, 5.41) is 11.8. The minimum Gasteiger partial charge on any atom is -0.453 e. The van der Waals surface area contributed by atoms with Crippen LogP contribution >= 0.6 is 34.8 Å². The first-order valence-electron chi connectivity index (χ1n) is 8.41. The van der Waals surface area contributed by atoms with Crippen LogP contribution < -0.4 is 10.1 Å². The number of aliphatic hydroxyl groups excluding tert-OH is 1. The van der Waals surface area contributed by atoms with E-state index in [0.717, 1.165) is 0 Å². The number of imidazole rings is 1. The number of hydrogen-bond acceptors (Lipinski definition) is 4. The summed E-state index contributed by atoms with van der Waals surface area (Å²) < 4.78 is 20.6. The third-order valence-electron chi connectivity index (χ3n) is 3.78. The van der Waals surface area contributed by atoms with Gasteiger partial charge in [0.1, 0.15) is 17.5 Å². The molecule has 6 nitrogen and oxygen atoms in total. The predicted octanol–water partition coefficient (Wildman–Crippen LogP) is 4.58. The highest BCUT2D eigenvalue weighted by Crippen LogP contribution is 2.35. The fourth-order valence-corrected chi connectivity index (χ4v) is 3.05. The minimum atomic E-state index is -0.751. The molecule has 0 fully saturated rings. The van der Waals surface area contributed by atoms with Gasteiger partial charge < -0.3 is 20.1 Å². The first kappa shape index (κ1) is 21.9. The van der Waals surface area contributed by atoms with Crippen molar-refractivity contribution in [3.8, 4) is 23.3 Å². The standard InChI is InChI=1S/C20H13Cl3FN3O3/c21-13-6-11(2-1-5-28)7-14(8-13)30-18-15(22)4-3-12(16(18)24)9-25-20(29)17-19(23)27-10-26-17/h3-4,6-8,10,28H,5,9H2,(H,25,29)(H,26,27). The molecule has 2 aromatic carbocycles. The number of carbonyl (C=O) groups is 1. The molecule has 10 heteroatoms. The van der Waals surface area contributed by atoms with Crippen molar-refractivity contribution in [2.45, 2.75) is 6.54 Å². The number of ether oxygens (including phenoxy) is 1. The van der Waals surface area contributed by atoms with E-state index in [-0.39, 0.29) is 46.1 Å². The summed E-state index contributed by atoms with van der Waals surface area (Å²) in [7, 11) is 0. The number of carbonyl (C=O) groups excluding carboxylic acids is 1. The number of amides is 1. The van der Waals surface area contributed by atoms with Crippen LogP contribution in [0, 0.1) is 17.7 Å². The number of halogens is 4. The lowest BCUT2D eigenvalue weighted by molar-refractivity contribution is 0.0946. The Hall–Kier alpha value is -2.76. The van der Waals surface area contributed by atoms with Crippen LogP contribution in [0.2, 0.25) is 15.2 Å². The Bertz CT molecular complexity index is 1160. The molecule has 0 spiro atoms. The van der Waals surface area contributed by atoms with Gasteiger partial charge in [-0.2, -0.15) is 0 Å². The van der Waals surface area contributed by atoms with Gasteiger partial charge in [0.05, 0.1) is 11.3 Å². The van der Waals surface area contributed by atoms with E-state index in [9.17, 15) is 9.18 Å². The molecular formula is C20H13Cl3FN3O3. The van der Waals surface area contributed by atoms with Crippen molar-refractivity contribution in [1.82, 2.24) is 15.3 Å². The zero-order chi connectivity index (χ0) is 21.7. The third kappa shape index (κ3) is 5.23. The second-order valence-electron chi connectivity index (χ2n) is 5.83. The van der Waals surface area contributed by atoms with Gasteiger partial charge in [0.2, 0.25) is 0 Å². The van der Waals surface area contributed by atoms with E-state index in [1.165, 1.54) is 30.6 Å². The number of aromatic nitrogens is 2. The molecule has 0 aliphatic rings. The monoisotopic (exact) mass is 467 g/mol. The predicted molar refractivity (Wildman–Crippen MR) is 112 cm³/mol. The fraction of sp³-hybridized carbons (Fsp3) is 0.100. The van der Waals surface area contributed by atoms with Crippen LogP contribution in [0.4, 0.5) is 4.39 Å². The number of nitrogens with one attached hydrogen (secondary N) is 2. The SMILES string of the molecule is O=C(NCc1ccc(Cl)c(Oc2cc(Cl)cc(C#CCO)c2)c1F)c1nc[nH]c1Cl. The molecule has 0 bridgehead atoms. The van der Waals surface area contributed by atoms with E-state index in [0.29, 0.717) is 10.6 Å². The zero-order valence-electron chi connectivity index (χ0n) is 15.1. The Labute approximate surface area is 185 Å². The van der Waals surface area contributed by atoms with Crippen molar-refractivity contribution in [2.75, 3.05) is 6.61 Å². The molecule has 0 atom stereocenters. The summed E-state index contributed by atoms with van der Waals surface area (Å²) in [6.07, 6.45) is 1.27. The molecule has 0 aliphatic carbocycles. The Kier molecular flexibility index (Phi) is 7.19. The number of rotatable bonds is 5. The van der Waals surface area contributed by atoms with Gasteiger partial charge in [0.15, 0.2) is 17.3 Å². The molecule has 1 heterocycles. The number of aromatic amines is 1. The van der Waals surface area contributed by atoms with Gasteiger partial charge in [-0.1, -0.05) is 52.7 Å². The first-order valence-corrected chi connectivity index (χ1v) is 9.54. The van der Waals surface area contributed by atoms with Crippen LogP contribution in [-0.2, 0) is 6.54 Å². The van der Waals surface area contributed by atoms with E-state index in [2.05, 4.69) is 27.1 Å². The molecule has 1 aromatic heterocycles. The maximum Gasteiger partial charge on any atom is 0.273 e. The lowest BCUT2D eigenvalue weighted by Crippen LogP contribution is -2.24. The quantitative estimate of drug-likeness (QED) is 0.479. The fourth-order valence-electron chi connectivity index (χ4n) is 2.45. The Balaban J connectivity index is 1.82. The van der Waals surface area contributed by atoms with Crippen molar-refractivity contribution >= 4 is 40.7 Å². The number of aliphatic hydroxyl groups is 1. The second kappa shape index (κ2) is 9.83. The Morgan fingerprint density at radius 3 is 2.77 bits per heavy atom. The maximum atomic E-state index is 15.0. The minimum absolute atomic E-state index is 0.00189. The van der Waals surface area contributed by atoms with E-state index in [1.807, 2.05) is 0 Å². The smallest absolute Gasteiger partial charge is 0.273 e. The molecule has 0 saturated carbocycles. The van der Waals surface area contributed by atoms with E-state index in [4.69, 9.17) is 44.6 Å². The van der Waals surface area contributed by atoms with Crippen LogP contribution in [0.15, 0.2) is 36.7 Å². The first-order chi connectivity index (χ1) is 14.4. The molecule has 0 radical (unpaired) electrons. The highest BCUT2D eigenvalue weighted by atomic mass is 35.5. The summed E-state index contributed by atoms with van der Waals surface area (Å²) in [4.78, 5) is 18.5. The van der Waals surface area contributed by atoms with Gasteiger partial charge in [-0.05, 0) is 24.3 Å². The lowest BCUT2D eigenvalue weighted by Gasteiger charge is -2.13. The molecule has 3 N–H and O–H groups in total. The van der Waals surface area contributed by atoms with Crippen molar-refractivity contribution in [2.24, 2.45) is 0 Å². The molecule has 3 rings (SSSR count). The molecule has 0 aliphatic heterocycles. The van der Waals surface area contributed by atoms with Gasteiger partial charge >= 0.3 is 0 Å². The Morgan fingerprint density at radius 1 is 1.27 bits per heavy atom. The van der Waals surface area contributed by atoms with Gasteiger partial charge in [0.25, 0.3) is 5.91 Å². The van der Waals surface area contributed by atoms with Crippen molar-refractivity contribution < 1.29 is 19.0 Å². The zero-order valence-corrected chi connectivity index (χ0v) is 17.4. The molecule has 0 unspecified atom stereocenters. The topological polar surface area (TPSA) is 87.2 Å². The maximum absolute atomic E-state index is 15.0. The highest BCUT2D eigenvalue weighted by molar-refractivity contribution is 6.32. The van der Waals surface area contributed by atoms with E-state index in [1.54, 1.807) is 6.07 Å². The summed E-state index contributed by atoms with van der Waals surface area (Å²) in [6, 6.07) is 7.43. The van der Waals surface area contributed by atoms with Crippen LogP contribution in [0.3, 0.4) is 0 Å². The van der Waals surface area contributed by atoms with Crippen molar-refractivity contribution in [3.63, 3.8) is 0 Å². The summed E-state index contributed by atoms with van der Waals surface area (Å²) in [6.45, 7) is -0.468. The number of benzene rings is 2. The van der Waals surface area contributed by atoms with E-state index < -0.39 is 11.7 Å². The average molecular weight is 469 g/mol. The number of hydrogen-bond donors (Lipinski definition) is 3. The summed E-state index contributed by atoms with van der Waals surface area (Å²) >= 11 is 18.0. The molecule has 154 valence electrons. The summed E-state index contributed by atoms with van der Waals surface area (Å²) in [5.41, 5.74) is 0.608. The average Bonchev–Trinajstić information content (AvgIpc) is 3.14. The van der Waals surface area contributed by atoms with Crippen LogP contribution in [-0.4, -0.2) is 27.6 Å². The van der Waals surface area contributed by atoms with Gasteiger partial charge in [0, 0.05) is 22.7 Å². The summed E-state index contributed by atoms with van der Waals surface area (Å²) in [5.74, 6) is 3.84. The highest BCUT2D eigenvalue weighted by Gasteiger charge is 2.18. The van der Waals surface area contributed by atoms with Crippen LogP contribution in [0.25, 0.3) is 0 Å². The molecule has 0 saturated heterocycles. The Morgan fingerprint density at radius 2 is 2.07 bits per heavy atom. The van der Waals surface area contributed by atoms with Crippen molar-refractivity contribution in [3.05, 3.63) is 74.5 Å². The van der Waals surface area contributed by atoms with Gasteiger partial charge in [-0.15, -0.1) is 0 Å². The molecular weight excluding hydrogens is 456 g/mol.